The summed E-state index contributed by atoms with van der Waals surface area (Å²) >= 11 is 0. The highest BCUT2D eigenvalue weighted by molar-refractivity contribution is 6.11. The van der Waals surface area contributed by atoms with Crippen LogP contribution in [0.1, 0.15) is 16.1 Å². The Morgan fingerprint density at radius 2 is 2.10 bits per heavy atom. The second-order valence-electron chi connectivity index (χ2n) is 6.87. The first-order chi connectivity index (χ1) is 13.9. The molecular weight excluding hydrogens is 372 g/mol. The molecule has 1 aliphatic heterocycles. The van der Waals surface area contributed by atoms with E-state index < -0.39 is 17.6 Å². The maximum atomic E-state index is 12.6. The highest BCUT2D eigenvalue weighted by atomic mass is 16.4. The number of carbonyl (C=O) groups excluding carboxylic acids is 2. The van der Waals surface area contributed by atoms with Crippen LogP contribution in [0.25, 0.3) is 10.9 Å². The molecule has 3 aromatic rings. The monoisotopic (exact) mass is 390 g/mol. The van der Waals surface area contributed by atoms with Crippen LogP contribution in [0.4, 0.5) is 5.69 Å². The number of carbonyl (C=O) groups is 2. The van der Waals surface area contributed by atoms with Gasteiger partial charge in [0.15, 0.2) is 5.69 Å². The van der Waals surface area contributed by atoms with Gasteiger partial charge in [0.1, 0.15) is 6.10 Å². The normalized spacial score (nSPS) is 21.1. The molecule has 2 aromatic carbocycles. The van der Waals surface area contributed by atoms with Crippen LogP contribution in [-0.4, -0.2) is 62.4 Å². The fraction of sp³-hybridized carbons (Fsp3) is 0.190. The second kappa shape index (κ2) is 7.05. The van der Waals surface area contributed by atoms with Crippen molar-refractivity contribution < 1.29 is 19.8 Å². The van der Waals surface area contributed by atoms with Crippen LogP contribution >= 0.6 is 0 Å². The lowest BCUT2D eigenvalue weighted by atomic mass is 10.00. The third kappa shape index (κ3) is 3.33. The van der Waals surface area contributed by atoms with Crippen molar-refractivity contribution in [1.82, 2.24) is 15.1 Å². The predicted molar refractivity (Wildman–Crippen MR) is 106 cm³/mol. The summed E-state index contributed by atoms with van der Waals surface area (Å²) in [6, 6.07) is 14.0. The third-order valence-corrected chi connectivity index (χ3v) is 4.81. The van der Waals surface area contributed by atoms with Gasteiger partial charge in [-0.3, -0.25) is 14.7 Å². The molecule has 1 aliphatic rings. The predicted octanol–water partition coefficient (Wildman–Crippen LogP) is 0.731. The number of hydrogen-bond acceptors (Lipinski definition) is 5. The minimum Gasteiger partial charge on any atom is -0.387 e. The molecule has 29 heavy (non-hydrogen) atoms. The first-order valence-corrected chi connectivity index (χ1v) is 8.92. The number of para-hydroxylation sites is 1. The van der Waals surface area contributed by atoms with E-state index in [-0.39, 0.29) is 18.1 Å². The molecule has 1 aromatic heterocycles. The van der Waals surface area contributed by atoms with Gasteiger partial charge < -0.3 is 20.4 Å². The van der Waals surface area contributed by atoms with E-state index in [1.807, 2.05) is 18.2 Å². The maximum Gasteiger partial charge on any atom is 0.276 e. The van der Waals surface area contributed by atoms with Crippen molar-refractivity contribution in [3.63, 3.8) is 0 Å². The molecule has 0 radical (unpaired) electrons. The van der Waals surface area contributed by atoms with Crippen molar-refractivity contribution in [2.75, 3.05) is 18.9 Å². The quantitative estimate of drug-likeness (QED) is 0.481. The summed E-state index contributed by atoms with van der Waals surface area (Å²) < 4.78 is 0. The van der Waals surface area contributed by atoms with Crippen molar-refractivity contribution >= 4 is 28.4 Å². The minimum absolute atomic E-state index is 0.0116. The van der Waals surface area contributed by atoms with Crippen LogP contribution in [0.5, 0.6) is 0 Å². The molecule has 1 fully saturated rings. The van der Waals surface area contributed by atoms with Crippen LogP contribution in [0.15, 0.2) is 48.5 Å². The van der Waals surface area contributed by atoms with E-state index in [2.05, 4.69) is 27.4 Å². The number of H-pyrrole nitrogens is 1. The number of β-amino-alcohol motifs (C(OH)–C–C–N with tert-alkyl or cyclic N) is 1. The van der Waals surface area contributed by atoms with E-state index in [1.54, 1.807) is 30.3 Å². The topological polar surface area (TPSA) is 119 Å². The summed E-state index contributed by atoms with van der Waals surface area (Å²) in [6.07, 6.45) is -1.29. The fourth-order valence-corrected chi connectivity index (χ4v) is 3.21. The molecule has 2 heterocycles. The van der Waals surface area contributed by atoms with Crippen LogP contribution in [0, 0.1) is 11.8 Å². The number of hydrogen-bond donors (Lipinski definition) is 4. The molecule has 0 spiro atoms. The van der Waals surface area contributed by atoms with Crippen LogP contribution in [0.3, 0.4) is 0 Å². The molecule has 2 amide bonds. The Labute approximate surface area is 166 Å². The molecule has 1 saturated heterocycles. The van der Waals surface area contributed by atoms with Gasteiger partial charge in [0, 0.05) is 23.7 Å². The highest BCUT2D eigenvalue weighted by Crippen LogP contribution is 2.22. The van der Waals surface area contributed by atoms with Crippen LogP contribution in [0.2, 0.25) is 0 Å². The Morgan fingerprint density at radius 1 is 1.31 bits per heavy atom. The third-order valence-electron chi connectivity index (χ3n) is 4.81. The number of benzene rings is 2. The largest absolute Gasteiger partial charge is 0.387 e. The number of anilines is 1. The van der Waals surface area contributed by atoms with Gasteiger partial charge >= 0.3 is 0 Å². The lowest BCUT2D eigenvalue weighted by molar-refractivity contribution is -0.140. The Kier molecular flexibility index (Phi) is 4.54. The van der Waals surface area contributed by atoms with E-state index in [4.69, 9.17) is 0 Å². The average Bonchev–Trinajstić information content (AvgIpc) is 3.23. The fourth-order valence-electron chi connectivity index (χ4n) is 3.21. The number of likely N-dealkylation sites (N-methyl/N-ethyl adjacent to an activating group) is 1. The SMILES string of the molecule is CN1C[C@@H](O)[C@@](O)(C#Cc2cccc(NC(=O)c3n[nH]c4ccccc34)c2)C1=O. The average molecular weight is 390 g/mol. The molecule has 8 nitrogen and oxygen atoms in total. The molecule has 8 heteroatoms. The van der Waals surface area contributed by atoms with E-state index in [9.17, 15) is 19.8 Å². The van der Waals surface area contributed by atoms with Gasteiger partial charge in [0.25, 0.3) is 11.8 Å². The lowest BCUT2D eigenvalue weighted by Crippen LogP contribution is -2.44. The molecule has 4 N–H and O–H groups in total. The molecule has 4 rings (SSSR count). The maximum absolute atomic E-state index is 12.6. The van der Waals surface area contributed by atoms with E-state index in [0.717, 1.165) is 5.52 Å². The number of amides is 2. The van der Waals surface area contributed by atoms with Gasteiger partial charge in [-0.2, -0.15) is 5.10 Å². The molecule has 0 aliphatic carbocycles. The van der Waals surface area contributed by atoms with E-state index in [1.165, 1.54) is 11.9 Å². The lowest BCUT2D eigenvalue weighted by Gasteiger charge is -2.16. The number of aliphatic hydroxyl groups excluding tert-OH is 1. The Balaban J connectivity index is 1.56. The summed E-state index contributed by atoms with van der Waals surface area (Å²) in [5.41, 5.74) is -0.152. The summed E-state index contributed by atoms with van der Waals surface area (Å²) in [5, 5.41) is 30.7. The van der Waals surface area contributed by atoms with Crippen molar-refractivity contribution in [3.8, 4) is 11.8 Å². The Hall–Kier alpha value is -3.67. The van der Waals surface area contributed by atoms with Gasteiger partial charge in [0.05, 0.1) is 12.1 Å². The zero-order valence-electron chi connectivity index (χ0n) is 15.5. The number of rotatable bonds is 2. The molecule has 0 unspecified atom stereocenters. The highest BCUT2D eigenvalue weighted by Gasteiger charge is 2.50. The number of aliphatic hydroxyl groups is 2. The molecule has 0 bridgehead atoms. The number of likely N-dealkylation sites (tertiary alicyclic amines) is 1. The summed E-state index contributed by atoms with van der Waals surface area (Å²) in [6.45, 7) is 0.0116. The molecule has 0 saturated carbocycles. The number of nitrogens with one attached hydrogen (secondary N) is 2. The number of aromatic amines is 1. The van der Waals surface area contributed by atoms with Gasteiger partial charge in [-0.25, -0.2) is 0 Å². The van der Waals surface area contributed by atoms with E-state index in [0.29, 0.717) is 16.6 Å². The van der Waals surface area contributed by atoms with Crippen molar-refractivity contribution in [3.05, 3.63) is 59.8 Å². The standard InChI is InChI=1S/C21H18N4O4/c1-25-12-17(26)21(29,20(25)28)10-9-13-5-4-6-14(11-13)22-19(27)18-15-7-2-3-8-16(15)23-24-18/h2-8,11,17,26,29H,12H2,1H3,(H,22,27)(H,23,24)/t17-,21+/m1/s1. The van der Waals surface area contributed by atoms with Crippen LogP contribution in [-0.2, 0) is 4.79 Å². The molecular formula is C21H18N4O4. The summed E-state index contributed by atoms with van der Waals surface area (Å²) in [5.74, 6) is 4.15. The Bertz CT molecular complexity index is 1180. The van der Waals surface area contributed by atoms with Crippen LogP contribution < -0.4 is 5.32 Å². The first-order valence-electron chi connectivity index (χ1n) is 8.92. The second-order valence-corrected chi connectivity index (χ2v) is 6.87. The zero-order valence-corrected chi connectivity index (χ0v) is 15.5. The summed E-state index contributed by atoms with van der Waals surface area (Å²) in [7, 11) is 1.49. The molecule has 146 valence electrons. The van der Waals surface area contributed by atoms with Crippen molar-refractivity contribution in [2.45, 2.75) is 11.7 Å². The summed E-state index contributed by atoms with van der Waals surface area (Å²) in [4.78, 5) is 25.9. The number of aromatic nitrogens is 2. The number of nitrogens with zero attached hydrogens (tertiary/aromatic N) is 2. The molecule has 2 atom stereocenters. The number of fused-ring (bicyclic) bond motifs is 1. The zero-order chi connectivity index (χ0) is 20.6. The van der Waals surface area contributed by atoms with Gasteiger partial charge in [-0.15, -0.1) is 0 Å². The van der Waals surface area contributed by atoms with Gasteiger partial charge in [0.2, 0.25) is 5.60 Å². The smallest absolute Gasteiger partial charge is 0.276 e. The first kappa shape index (κ1) is 18.7. The van der Waals surface area contributed by atoms with Gasteiger partial charge in [-0.1, -0.05) is 30.2 Å². The minimum atomic E-state index is -2.14. The van der Waals surface area contributed by atoms with Crippen molar-refractivity contribution in [1.29, 1.82) is 0 Å². The van der Waals surface area contributed by atoms with Gasteiger partial charge in [-0.05, 0) is 30.2 Å². The van der Waals surface area contributed by atoms with Crippen molar-refractivity contribution in [2.24, 2.45) is 0 Å². The Morgan fingerprint density at radius 3 is 2.86 bits per heavy atom. The van der Waals surface area contributed by atoms with E-state index >= 15 is 0 Å².